The molecule has 0 spiro atoms. The Kier molecular flexibility index (Phi) is 7.99. The van der Waals surface area contributed by atoms with Gasteiger partial charge in [-0.2, -0.15) is 11.8 Å². The van der Waals surface area contributed by atoms with Gasteiger partial charge in [0.25, 0.3) is 0 Å². The predicted octanol–water partition coefficient (Wildman–Crippen LogP) is 1.64. The number of thioether (sulfide) groups is 1. The first kappa shape index (κ1) is 17.3. The van der Waals surface area contributed by atoms with E-state index in [1.165, 1.54) is 32.6 Å². The van der Waals surface area contributed by atoms with Crippen molar-refractivity contribution in [1.29, 1.82) is 0 Å². The third kappa shape index (κ3) is 7.14. The van der Waals surface area contributed by atoms with Crippen LogP contribution in [0.1, 0.15) is 45.4 Å². The van der Waals surface area contributed by atoms with Gasteiger partial charge in [-0.05, 0) is 24.5 Å². The normalized spacial score (nSPS) is 18.7. The number of carbonyl (C=O) groups excluding carboxylic acids is 1. The van der Waals surface area contributed by atoms with Crippen molar-refractivity contribution in [3.63, 3.8) is 0 Å². The summed E-state index contributed by atoms with van der Waals surface area (Å²) in [5.41, 5.74) is 0. The third-order valence-corrected chi connectivity index (χ3v) is 4.76. The molecule has 20 heavy (non-hydrogen) atoms. The zero-order valence-corrected chi connectivity index (χ0v) is 12.8. The Morgan fingerprint density at radius 3 is 2.55 bits per heavy atom. The quantitative estimate of drug-likeness (QED) is 0.564. The van der Waals surface area contributed by atoms with Crippen molar-refractivity contribution in [2.24, 2.45) is 5.92 Å². The van der Waals surface area contributed by atoms with E-state index in [9.17, 15) is 14.7 Å². The summed E-state index contributed by atoms with van der Waals surface area (Å²) in [6, 6.07) is -0.827. The van der Waals surface area contributed by atoms with E-state index in [4.69, 9.17) is 5.11 Å². The number of rotatable bonds is 9. The van der Waals surface area contributed by atoms with Gasteiger partial charge in [0.05, 0.1) is 6.10 Å². The topological polar surface area (TPSA) is 86.6 Å². The van der Waals surface area contributed by atoms with Crippen molar-refractivity contribution in [1.82, 2.24) is 5.32 Å². The largest absolute Gasteiger partial charge is 0.480 e. The van der Waals surface area contributed by atoms with Gasteiger partial charge in [0.15, 0.2) is 0 Å². The fourth-order valence-corrected chi connectivity index (χ4v) is 3.60. The first-order valence-corrected chi connectivity index (χ1v) is 8.40. The molecule has 1 rings (SSSR count). The van der Waals surface area contributed by atoms with Gasteiger partial charge in [0, 0.05) is 12.7 Å². The third-order valence-electron chi connectivity index (χ3n) is 3.62. The summed E-state index contributed by atoms with van der Waals surface area (Å²) >= 11 is 1.55. The molecule has 2 unspecified atom stereocenters. The molecule has 1 amide bonds. The fraction of sp³-hybridized carbons (Fsp3) is 0.857. The van der Waals surface area contributed by atoms with Crippen LogP contribution in [0.3, 0.4) is 0 Å². The maximum absolute atomic E-state index is 10.9. The van der Waals surface area contributed by atoms with Crippen molar-refractivity contribution >= 4 is 23.6 Å². The van der Waals surface area contributed by atoms with Crippen LogP contribution in [0, 0.1) is 5.92 Å². The van der Waals surface area contributed by atoms with E-state index in [2.05, 4.69) is 5.32 Å². The Labute approximate surface area is 124 Å². The number of amides is 1. The fourth-order valence-electron chi connectivity index (χ4n) is 2.62. The van der Waals surface area contributed by atoms with Crippen LogP contribution in [0.25, 0.3) is 0 Å². The summed E-state index contributed by atoms with van der Waals surface area (Å²) in [6.45, 7) is 1.31. The number of nitrogens with one attached hydrogen (secondary N) is 1. The molecule has 0 aliphatic heterocycles. The molecule has 0 bridgehead atoms. The minimum Gasteiger partial charge on any atom is -0.480 e. The van der Waals surface area contributed by atoms with Gasteiger partial charge in [-0.3, -0.25) is 4.79 Å². The lowest BCUT2D eigenvalue weighted by atomic mass is 10.0. The summed E-state index contributed by atoms with van der Waals surface area (Å²) in [5.74, 6) is 0.592. The summed E-state index contributed by atoms with van der Waals surface area (Å²) in [6.07, 6.45) is 5.96. The molecule has 6 heteroatoms. The lowest BCUT2D eigenvalue weighted by Gasteiger charge is -2.16. The van der Waals surface area contributed by atoms with Crippen molar-refractivity contribution in [3.05, 3.63) is 0 Å². The number of aliphatic carboxylic acids is 1. The van der Waals surface area contributed by atoms with E-state index in [-0.39, 0.29) is 12.0 Å². The molecule has 0 aromatic carbocycles. The number of hydrogen-bond acceptors (Lipinski definition) is 4. The molecule has 1 fully saturated rings. The summed E-state index contributed by atoms with van der Waals surface area (Å²) < 4.78 is 0. The highest BCUT2D eigenvalue weighted by Crippen LogP contribution is 2.29. The van der Waals surface area contributed by atoms with Crippen LogP contribution in [0.5, 0.6) is 0 Å². The van der Waals surface area contributed by atoms with Crippen LogP contribution in [-0.2, 0) is 9.59 Å². The molecule has 0 saturated heterocycles. The van der Waals surface area contributed by atoms with E-state index < -0.39 is 12.0 Å². The summed E-state index contributed by atoms with van der Waals surface area (Å²) in [5, 5.41) is 21.3. The molecule has 0 radical (unpaired) electrons. The van der Waals surface area contributed by atoms with Crippen molar-refractivity contribution in [3.8, 4) is 0 Å². The lowest BCUT2D eigenvalue weighted by molar-refractivity contribution is -0.141. The van der Waals surface area contributed by atoms with E-state index in [1.54, 1.807) is 11.8 Å². The van der Waals surface area contributed by atoms with Crippen LogP contribution in [0.2, 0.25) is 0 Å². The first-order valence-electron chi connectivity index (χ1n) is 7.24. The van der Waals surface area contributed by atoms with E-state index in [0.717, 1.165) is 6.42 Å². The molecule has 1 aliphatic carbocycles. The summed E-state index contributed by atoms with van der Waals surface area (Å²) in [7, 11) is 0. The number of hydrogen-bond donors (Lipinski definition) is 3. The average molecular weight is 303 g/mol. The standard InChI is InChI=1S/C14H25NO4S/c1-10(16)15-13(14(18)19)6-7-20-9-12(17)8-11-4-2-3-5-11/h11-13,17H,2-9H2,1H3,(H,15,16)(H,18,19). The number of carboxylic acid groups (broad SMARTS) is 1. The van der Waals surface area contributed by atoms with Gasteiger partial charge in [-0.25, -0.2) is 4.79 Å². The van der Waals surface area contributed by atoms with Gasteiger partial charge in [0.1, 0.15) is 6.04 Å². The first-order chi connectivity index (χ1) is 9.49. The van der Waals surface area contributed by atoms with Crippen LogP contribution in [0.15, 0.2) is 0 Å². The smallest absolute Gasteiger partial charge is 0.326 e. The molecule has 0 aromatic rings. The predicted molar refractivity (Wildman–Crippen MR) is 79.8 cm³/mol. The Hall–Kier alpha value is -0.750. The number of aliphatic hydroxyl groups excluding tert-OH is 1. The van der Waals surface area contributed by atoms with Crippen molar-refractivity contribution < 1.29 is 19.8 Å². The minimum absolute atomic E-state index is 0.299. The van der Waals surface area contributed by atoms with Crippen LogP contribution in [-0.4, -0.2) is 45.7 Å². The van der Waals surface area contributed by atoms with Gasteiger partial charge >= 0.3 is 5.97 Å². The molecule has 5 nitrogen and oxygen atoms in total. The number of aliphatic hydroxyl groups is 1. The highest BCUT2D eigenvalue weighted by Gasteiger charge is 2.20. The second-order valence-corrected chi connectivity index (χ2v) is 6.64. The number of carboxylic acids is 1. The van der Waals surface area contributed by atoms with Crippen LogP contribution in [0.4, 0.5) is 0 Å². The van der Waals surface area contributed by atoms with E-state index in [1.807, 2.05) is 0 Å². The van der Waals surface area contributed by atoms with Gasteiger partial charge in [-0.15, -0.1) is 0 Å². The van der Waals surface area contributed by atoms with Gasteiger partial charge in [0.2, 0.25) is 5.91 Å². The Balaban J connectivity index is 2.12. The number of carbonyl (C=O) groups is 2. The molecular weight excluding hydrogens is 278 g/mol. The maximum Gasteiger partial charge on any atom is 0.326 e. The Morgan fingerprint density at radius 1 is 1.35 bits per heavy atom. The van der Waals surface area contributed by atoms with Crippen molar-refractivity contribution in [2.45, 2.75) is 57.6 Å². The molecule has 3 N–H and O–H groups in total. The van der Waals surface area contributed by atoms with Crippen LogP contribution >= 0.6 is 11.8 Å². The second-order valence-electron chi connectivity index (χ2n) is 5.49. The second kappa shape index (κ2) is 9.23. The Morgan fingerprint density at radius 2 is 2.00 bits per heavy atom. The molecule has 1 saturated carbocycles. The monoisotopic (exact) mass is 303 g/mol. The molecular formula is C14H25NO4S. The van der Waals surface area contributed by atoms with Crippen LogP contribution < -0.4 is 5.32 Å². The maximum atomic E-state index is 10.9. The molecule has 0 aromatic heterocycles. The zero-order chi connectivity index (χ0) is 15.0. The molecule has 116 valence electrons. The van der Waals surface area contributed by atoms with Gasteiger partial charge in [-0.1, -0.05) is 25.7 Å². The van der Waals surface area contributed by atoms with Gasteiger partial charge < -0.3 is 15.5 Å². The Bertz CT molecular complexity index is 318. The molecule has 0 heterocycles. The highest BCUT2D eigenvalue weighted by atomic mass is 32.2. The van der Waals surface area contributed by atoms with E-state index in [0.29, 0.717) is 23.8 Å². The minimum atomic E-state index is -1.01. The highest BCUT2D eigenvalue weighted by molar-refractivity contribution is 7.99. The zero-order valence-electron chi connectivity index (χ0n) is 12.0. The van der Waals surface area contributed by atoms with Crippen molar-refractivity contribution in [2.75, 3.05) is 11.5 Å². The SMILES string of the molecule is CC(=O)NC(CCSCC(O)CC1CCCC1)C(=O)O. The summed E-state index contributed by atoms with van der Waals surface area (Å²) in [4.78, 5) is 21.8. The lowest BCUT2D eigenvalue weighted by Crippen LogP contribution is -2.40. The average Bonchev–Trinajstić information content (AvgIpc) is 2.85. The molecule has 2 atom stereocenters. The molecule has 1 aliphatic rings. The van der Waals surface area contributed by atoms with E-state index >= 15 is 0 Å².